The lowest BCUT2D eigenvalue weighted by atomic mass is 10.0. The quantitative estimate of drug-likeness (QED) is 0.902. The van der Waals surface area contributed by atoms with E-state index in [1.54, 1.807) is 0 Å². The van der Waals surface area contributed by atoms with Crippen molar-refractivity contribution in [3.05, 3.63) is 34.9 Å². The fraction of sp³-hybridized carbons (Fsp3) is 0.600. The molecule has 0 saturated carbocycles. The van der Waals surface area contributed by atoms with E-state index in [4.69, 9.17) is 11.6 Å². The van der Waals surface area contributed by atoms with Crippen molar-refractivity contribution in [3.63, 3.8) is 0 Å². The highest BCUT2D eigenvalue weighted by Crippen LogP contribution is 2.14. The number of rotatable bonds is 4. The summed E-state index contributed by atoms with van der Waals surface area (Å²) in [5.74, 6) is 0. The van der Waals surface area contributed by atoms with E-state index in [2.05, 4.69) is 36.3 Å². The molecule has 0 radical (unpaired) electrons. The fourth-order valence-electron chi connectivity index (χ4n) is 2.78. The van der Waals surface area contributed by atoms with Crippen LogP contribution in [-0.4, -0.2) is 37.1 Å². The van der Waals surface area contributed by atoms with Crippen molar-refractivity contribution in [2.75, 3.05) is 20.1 Å². The molecule has 2 nitrogen and oxygen atoms in total. The minimum Gasteiger partial charge on any atom is -0.310 e. The Bertz CT molecular complexity index is 381. The zero-order valence-corrected chi connectivity index (χ0v) is 12.1. The lowest BCUT2D eigenvalue weighted by Gasteiger charge is -2.32. The van der Waals surface area contributed by atoms with Gasteiger partial charge in [0.1, 0.15) is 0 Å². The molecule has 1 saturated heterocycles. The SMILES string of the molecule is CC(Cc1cccc(Cl)c1)NC1CCCN(C)C1. The highest BCUT2D eigenvalue weighted by Gasteiger charge is 2.18. The van der Waals surface area contributed by atoms with Crippen molar-refractivity contribution in [1.29, 1.82) is 0 Å². The molecule has 0 amide bonds. The molecular formula is C15H23ClN2. The van der Waals surface area contributed by atoms with Crippen LogP contribution in [-0.2, 0) is 6.42 Å². The Morgan fingerprint density at radius 1 is 1.50 bits per heavy atom. The first-order chi connectivity index (χ1) is 8.63. The lowest BCUT2D eigenvalue weighted by Crippen LogP contribution is -2.47. The average molecular weight is 267 g/mol. The van der Waals surface area contributed by atoms with Gasteiger partial charge in [0, 0.05) is 23.7 Å². The first kappa shape index (κ1) is 13.9. The molecule has 1 aromatic rings. The van der Waals surface area contributed by atoms with E-state index in [1.165, 1.54) is 31.5 Å². The number of piperidine rings is 1. The van der Waals surface area contributed by atoms with Crippen LogP contribution in [0.1, 0.15) is 25.3 Å². The van der Waals surface area contributed by atoms with E-state index in [9.17, 15) is 0 Å². The summed E-state index contributed by atoms with van der Waals surface area (Å²) in [5, 5.41) is 4.56. The van der Waals surface area contributed by atoms with Gasteiger partial charge in [-0.3, -0.25) is 0 Å². The summed E-state index contributed by atoms with van der Waals surface area (Å²) >= 11 is 6.01. The van der Waals surface area contributed by atoms with Crippen molar-refractivity contribution >= 4 is 11.6 Å². The van der Waals surface area contributed by atoms with Gasteiger partial charge in [0.05, 0.1) is 0 Å². The first-order valence-electron chi connectivity index (χ1n) is 6.82. The van der Waals surface area contributed by atoms with Crippen LogP contribution in [0.3, 0.4) is 0 Å². The third-order valence-electron chi connectivity index (χ3n) is 3.58. The predicted octanol–water partition coefficient (Wildman–Crippen LogP) is 2.95. The van der Waals surface area contributed by atoms with Crippen LogP contribution < -0.4 is 5.32 Å². The molecule has 0 bridgehead atoms. The molecule has 0 spiro atoms. The molecule has 2 atom stereocenters. The minimum atomic E-state index is 0.500. The molecule has 1 aliphatic rings. The van der Waals surface area contributed by atoms with Gasteiger partial charge in [-0.2, -0.15) is 0 Å². The Morgan fingerprint density at radius 3 is 3.06 bits per heavy atom. The van der Waals surface area contributed by atoms with Crippen molar-refractivity contribution in [1.82, 2.24) is 10.2 Å². The number of nitrogens with zero attached hydrogens (tertiary/aromatic N) is 1. The van der Waals surface area contributed by atoms with E-state index < -0.39 is 0 Å². The summed E-state index contributed by atoms with van der Waals surface area (Å²) < 4.78 is 0. The normalized spacial score (nSPS) is 22.9. The third kappa shape index (κ3) is 4.27. The van der Waals surface area contributed by atoms with Crippen LogP contribution in [0.15, 0.2) is 24.3 Å². The second-order valence-corrected chi connectivity index (χ2v) is 5.94. The summed E-state index contributed by atoms with van der Waals surface area (Å²) in [6.45, 7) is 4.66. The lowest BCUT2D eigenvalue weighted by molar-refractivity contribution is 0.218. The highest BCUT2D eigenvalue weighted by atomic mass is 35.5. The van der Waals surface area contributed by atoms with Gasteiger partial charge in [-0.05, 0) is 57.5 Å². The Labute approximate surface area is 115 Å². The molecule has 2 rings (SSSR count). The summed E-state index contributed by atoms with van der Waals surface area (Å²) in [6, 6.07) is 9.31. The van der Waals surface area contributed by atoms with Crippen molar-refractivity contribution < 1.29 is 0 Å². The predicted molar refractivity (Wildman–Crippen MR) is 78.3 cm³/mol. The van der Waals surface area contributed by atoms with Gasteiger partial charge in [-0.1, -0.05) is 23.7 Å². The van der Waals surface area contributed by atoms with Gasteiger partial charge in [0.2, 0.25) is 0 Å². The minimum absolute atomic E-state index is 0.500. The summed E-state index contributed by atoms with van der Waals surface area (Å²) in [5.41, 5.74) is 1.31. The molecule has 0 aromatic heterocycles. The number of nitrogens with one attached hydrogen (secondary N) is 1. The van der Waals surface area contributed by atoms with Crippen LogP contribution in [0.5, 0.6) is 0 Å². The fourth-order valence-corrected chi connectivity index (χ4v) is 2.99. The van der Waals surface area contributed by atoms with Crippen LogP contribution in [0.4, 0.5) is 0 Å². The van der Waals surface area contributed by atoms with Crippen molar-refractivity contribution in [2.45, 2.75) is 38.3 Å². The zero-order valence-electron chi connectivity index (χ0n) is 11.3. The maximum absolute atomic E-state index is 6.01. The number of likely N-dealkylation sites (N-methyl/N-ethyl adjacent to an activating group) is 1. The Morgan fingerprint density at radius 2 is 2.33 bits per heavy atom. The highest BCUT2D eigenvalue weighted by molar-refractivity contribution is 6.30. The van der Waals surface area contributed by atoms with Gasteiger partial charge >= 0.3 is 0 Å². The number of likely N-dealkylation sites (tertiary alicyclic amines) is 1. The monoisotopic (exact) mass is 266 g/mol. The second-order valence-electron chi connectivity index (χ2n) is 5.50. The molecule has 1 fully saturated rings. The second kappa shape index (κ2) is 6.55. The Kier molecular flexibility index (Phi) is 5.04. The summed E-state index contributed by atoms with van der Waals surface area (Å²) in [6.07, 6.45) is 3.64. The number of halogens is 1. The molecule has 1 N–H and O–H groups in total. The van der Waals surface area contributed by atoms with Crippen LogP contribution in [0.25, 0.3) is 0 Å². The van der Waals surface area contributed by atoms with Crippen LogP contribution >= 0.6 is 11.6 Å². The standard InChI is InChI=1S/C15H23ClN2/c1-12(9-13-5-3-6-14(16)10-13)17-15-7-4-8-18(2)11-15/h3,5-6,10,12,15,17H,4,7-9,11H2,1-2H3. The molecule has 1 heterocycles. The Hall–Kier alpha value is -0.570. The molecular weight excluding hydrogens is 244 g/mol. The van der Waals surface area contributed by atoms with Gasteiger partial charge in [-0.25, -0.2) is 0 Å². The molecule has 0 aliphatic carbocycles. The number of hydrogen-bond donors (Lipinski definition) is 1. The van der Waals surface area contributed by atoms with Crippen LogP contribution in [0, 0.1) is 0 Å². The molecule has 100 valence electrons. The summed E-state index contributed by atoms with van der Waals surface area (Å²) in [4.78, 5) is 2.41. The average Bonchev–Trinajstić information content (AvgIpc) is 2.28. The number of benzene rings is 1. The Balaban J connectivity index is 1.82. The van der Waals surface area contributed by atoms with E-state index in [0.29, 0.717) is 12.1 Å². The first-order valence-corrected chi connectivity index (χ1v) is 7.20. The van der Waals surface area contributed by atoms with Crippen molar-refractivity contribution in [2.24, 2.45) is 0 Å². The van der Waals surface area contributed by atoms with E-state index in [1.807, 2.05) is 12.1 Å². The molecule has 1 aliphatic heterocycles. The number of hydrogen-bond acceptors (Lipinski definition) is 2. The van der Waals surface area contributed by atoms with Gasteiger partial charge in [-0.15, -0.1) is 0 Å². The van der Waals surface area contributed by atoms with E-state index >= 15 is 0 Å². The molecule has 18 heavy (non-hydrogen) atoms. The van der Waals surface area contributed by atoms with Gasteiger partial charge in [0.15, 0.2) is 0 Å². The van der Waals surface area contributed by atoms with Gasteiger partial charge < -0.3 is 10.2 Å². The largest absolute Gasteiger partial charge is 0.310 e. The third-order valence-corrected chi connectivity index (χ3v) is 3.81. The topological polar surface area (TPSA) is 15.3 Å². The van der Waals surface area contributed by atoms with Crippen LogP contribution in [0.2, 0.25) is 5.02 Å². The summed E-state index contributed by atoms with van der Waals surface area (Å²) in [7, 11) is 2.20. The zero-order chi connectivity index (χ0) is 13.0. The maximum atomic E-state index is 6.01. The molecule has 3 heteroatoms. The molecule has 2 unspecified atom stereocenters. The van der Waals surface area contributed by atoms with Crippen molar-refractivity contribution in [3.8, 4) is 0 Å². The maximum Gasteiger partial charge on any atom is 0.0408 e. The molecule has 1 aromatic carbocycles. The van der Waals surface area contributed by atoms with E-state index in [0.717, 1.165) is 11.4 Å². The smallest absolute Gasteiger partial charge is 0.0408 e. The van der Waals surface area contributed by atoms with E-state index in [-0.39, 0.29) is 0 Å². The van der Waals surface area contributed by atoms with Gasteiger partial charge in [0.25, 0.3) is 0 Å².